The number of rotatable bonds is 4. The number of H-pyrrole nitrogens is 1. The van der Waals surface area contributed by atoms with Crippen LogP contribution < -0.4 is 5.69 Å². The van der Waals surface area contributed by atoms with Crippen LogP contribution in [0.4, 0.5) is 0 Å². The molecule has 0 radical (unpaired) electrons. The van der Waals surface area contributed by atoms with Crippen LogP contribution in [0.25, 0.3) is 5.65 Å². The molecule has 106 valence electrons. The minimum absolute atomic E-state index is 0.212. The van der Waals surface area contributed by atoms with Crippen LogP contribution in [-0.4, -0.2) is 30.4 Å². The zero-order chi connectivity index (χ0) is 14.4. The highest BCUT2D eigenvalue weighted by Crippen LogP contribution is 2.38. The molecule has 3 aromatic heterocycles. The molecule has 0 spiro atoms. The first-order valence-corrected chi connectivity index (χ1v) is 7.36. The number of carbonyl (C=O) groups is 1. The SMILES string of the molecule is O=Cc1c(Sc2n[nH]c(=O)n2C2CC2)nc2ccccn12. The number of aromatic amines is 1. The van der Waals surface area contributed by atoms with Gasteiger partial charge < -0.3 is 0 Å². The van der Waals surface area contributed by atoms with E-state index in [1.165, 1.54) is 11.8 Å². The van der Waals surface area contributed by atoms with Gasteiger partial charge in [0.25, 0.3) is 0 Å². The molecule has 0 aliphatic heterocycles. The zero-order valence-corrected chi connectivity index (χ0v) is 11.7. The van der Waals surface area contributed by atoms with Crippen LogP contribution in [0.2, 0.25) is 0 Å². The van der Waals surface area contributed by atoms with Crippen molar-refractivity contribution in [3.63, 3.8) is 0 Å². The van der Waals surface area contributed by atoms with Crippen LogP contribution in [0, 0.1) is 0 Å². The number of hydrogen-bond donors (Lipinski definition) is 1. The zero-order valence-electron chi connectivity index (χ0n) is 10.9. The molecule has 0 atom stereocenters. The lowest BCUT2D eigenvalue weighted by molar-refractivity contribution is 0.111. The Kier molecular flexibility index (Phi) is 2.71. The average Bonchev–Trinajstić information content (AvgIpc) is 3.17. The minimum atomic E-state index is -0.212. The summed E-state index contributed by atoms with van der Waals surface area (Å²) in [4.78, 5) is 27.6. The third-order valence-electron chi connectivity index (χ3n) is 3.42. The van der Waals surface area contributed by atoms with Gasteiger partial charge in [-0.15, -0.1) is 5.10 Å². The maximum atomic E-state index is 11.8. The predicted molar refractivity (Wildman–Crippen MR) is 75.8 cm³/mol. The molecular formula is C13H11N5O2S. The molecule has 0 saturated heterocycles. The van der Waals surface area contributed by atoms with Gasteiger partial charge >= 0.3 is 5.69 Å². The maximum absolute atomic E-state index is 11.8. The average molecular weight is 301 g/mol. The van der Waals surface area contributed by atoms with Crippen molar-refractivity contribution in [1.82, 2.24) is 24.1 Å². The Hall–Kier alpha value is -2.35. The van der Waals surface area contributed by atoms with E-state index in [2.05, 4.69) is 15.2 Å². The number of nitrogens with zero attached hydrogens (tertiary/aromatic N) is 4. The van der Waals surface area contributed by atoms with E-state index < -0.39 is 0 Å². The van der Waals surface area contributed by atoms with Crippen molar-refractivity contribution in [2.24, 2.45) is 0 Å². The highest BCUT2D eigenvalue weighted by molar-refractivity contribution is 7.99. The Morgan fingerprint density at radius 2 is 2.24 bits per heavy atom. The molecule has 3 heterocycles. The second-order valence-electron chi connectivity index (χ2n) is 4.86. The number of aldehydes is 1. The summed E-state index contributed by atoms with van der Waals surface area (Å²) in [6.07, 6.45) is 4.53. The highest BCUT2D eigenvalue weighted by Gasteiger charge is 2.29. The van der Waals surface area contributed by atoms with Gasteiger partial charge in [0.1, 0.15) is 16.4 Å². The summed E-state index contributed by atoms with van der Waals surface area (Å²) in [6.45, 7) is 0. The van der Waals surface area contributed by atoms with Crippen LogP contribution in [0.15, 0.2) is 39.4 Å². The van der Waals surface area contributed by atoms with Gasteiger partial charge in [0.05, 0.1) is 0 Å². The molecular weight excluding hydrogens is 290 g/mol. The van der Waals surface area contributed by atoms with E-state index in [4.69, 9.17) is 0 Å². The lowest BCUT2D eigenvalue weighted by Gasteiger charge is -2.01. The molecule has 1 N–H and O–H groups in total. The number of imidazole rings is 1. The lowest BCUT2D eigenvalue weighted by Crippen LogP contribution is -2.16. The normalized spacial score (nSPS) is 14.7. The first-order valence-electron chi connectivity index (χ1n) is 6.55. The quantitative estimate of drug-likeness (QED) is 0.738. The largest absolute Gasteiger partial charge is 0.344 e. The first kappa shape index (κ1) is 12.4. The number of carbonyl (C=O) groups excluding carboxylic acids is 1. The van der Waals surface area contributed by atoms with Gasteiger partial charge in [-0.2, -0.15) is 0 Å². The number of fused-ring (bicyclic) bond motifs is 1. The summed E-state index contributed by atoms with van der Waals surface area (Å²) in [5.74, 6) is 0. The molecule has 7 nitrogen and oxygen atoms in total. The van der Waals surface area contributed by atoms with Crippen molar-refractivity contribution < 1.29 is 4.79 Å². The molecule has 8 heteroatoms. The number of hydrogen-bond acceptors (Lipinski definition) is 5. The monoisotopic (exact) mass is 301 g/mol. The molecule has 0 bridgehead atoms. The van der Waals surface area contributed by atoms with E-state index >= 15 is 0 Å². The molecule has 1 aliphatic rings. The molecule has 0 amide bonds. The summed E-state index contributed by atoms with van der Waals surface area (Å²) in [7, 11) is 0. The number of pyridine rings is 1. The van der Waals surface area contributed by atoms with Gasteiger partial charge in [-0.25, -0.2) is 14.9 Å². The summed E-state index contributed by atoms with van der Waals surface area (Å²) < 4.78 is 3.37. The van der Waals surface area contributed by atoms with Crippen molar-refractivity contribution in [1.29, 1.82) is 0 Å². The van der Waals surface area contributed by atoms with E-state index in [0.29, 0.717) is 21.5 Å². The Bertz CT molecular complexity index is 889. The highest BCUT2D eigenvalue weighted by atomic mass is 32.2. The second-order valence-corrected chi connectivity index (χ2v) is 5.82. The molecule has 0 aromatic carbocycles. The van der Waals surface area contributed by atoms with Crippen LogP contribution in [0.5, 0.6) is 0 Å². The molecule has 1 fully saturated rings. The van der Waals surface area contributed by atoms with Crippen molar-refractivity contribution in [3.05, 3.63) is 40.6 Å². The Labute approximate surface area is 123 Å². The van der Waals surface area contributed by atoms with Gasteiger partial charge in [0, 0.05) is 12.2 Å². The fourth-order valence-electron chi connectivity index (χ4n) is 2.28. The van der Waals surface area contributed by atoms with Crippen molar-refractivity contribution in [2.75, 3.05) is 0 Å². The van der Waals surface area contributed by atoms with E-state index in [9.17, 15) is 9.59 Å². The van der Waals surface area contributed by atoms with Crippen molar-refractivity contribution >= 4 is 23.7 Å². The fourth-order valence-corrected chi connectivity index (χ4v) is 3.26. The summed E-state index contributed by atoms with van der Waals surface area (Å²) >= 11 is 1.24. The van der Waals surface area contributed by atoms with Crippen LogP contribution >= 0.6 is 11.8 Å². The van der Waals surface area contributed by atoms with E-state index in [-0.39, 0.29) is 11.7 Å². The summed E-state index contributed by atoms with van der Waals surface area (Å²) in [6, 6.07) is 5.75. The molecule has 0 unspecified atom stereocenters. The topological polar surface area (TPSA) is 85.0 Å². The molecule has 21 heavy (non-hydrogen) atoms. The summed E-state index contributed by atoms with van der Waals surface area (Å²) in [5.41, 5.74) is 0.947. The minimum Gasteiger partial charge on any atom is -0.296 e. The van der Waals surface area contributed by atoms with Crippen LogP contribution in [0.1, 0.15) is 29.4 Å². The smallest absolute Gasteiger partial charge is 0.296 e. The number of nitrogens with one attached hydrogen (secondary N) is 1. The van der Waals surface area contributed by atoms with Gasteiger partial charge in [0.15, 0.2) is 11.4 Å². The Morgan fingerprint density at radius 3 is 3.00 bits per heavy atom. The molecule has 4 rings (SSSR count). The predicted octanol–water partition coefficient (Wildman–Crippen LogP) is 1.52. The van der Waals surface area contributed by atoms with Crippen LogP contribution in [-0.2, 0) is 0 Å². The van der Waals surface area contributed by atoms with Crippen molar-refractivity contribution in [2.45, 2.75) is 29.1 Å². The van der Waals surface area contributed by atoms with Crippen molar-refractivity contribution in [3.8, 4) is 0 Å². The van der Waals surface area contributed by atoms with Gasteiger partial charge in [-0.3, -0.25) is 13.8 Å². The molecule has 1 aliphatic carbocycles. The standard InChI is InChI=1S/C13H11N5O2S/c19-7-9-11(14-10-3-1-2-6-17(9)10)21-13-16-15-12(20)18(13)8-4-5-8/h1-3,6-8H,4-5H2,(H,15,20). The molecule has 3 aromatic rings. The lowest BCUT2D eigenvalue weighted by atomic mass is 10.4. The van der Waals surface area contributed by atoms with Crippen LogP contribution in [0.3, 0.4) is 0 Å². The van der Waals surface area contributed by atoms with E-state index in [0.717, 1.165) is 19.1 Å². The third kappa shape index (κ3) is 1.99. The second kappa shape index (κ2) is 4.59. The molecule has 1 saturated carbocycles. The maximum Gasteiger partial charge on any atom is 0.344 e. The fraction of sp³-hybridized carbons (Fsp3) is 0.231. The first-order chi connectivity index (χ1) is 10.3. The number of aromatic nitrogens is 5. The van der Waals surface area contributed by atoms with Gasteiger partial charge in [0.2, 0.25) is 0 Å². The summed E-state index contributed by atoms with van der Waals surface area (Å²) in [5, 5.41) is 7.61. The third-order valence-corrected chi connectivity index (χ3v) is 4.38. The van der Waals surface area contributed by atoms with Gasteiger partial charge in [-0.05, 0) is 36.7 Å². The van der Waals surface area contributed by atoms with E-state index in [1.54, 1.807) is 15.2 Å². The Morgan fingerprint density at radius 1 is 1.38 bits per heavy atom. The van der Waals surface area contributed by atoms with Gasteiger partial charge in [-0.1, -0.05) is 6.07 Å². The van der Waals surface area contributed by atoms with E-state index in [1.807, 2.05) is 18.2 Å². The Balaban J connectivity index is 1.81.